The van der Waals surface area contributed by atoms with Gasteiger partial charge < -0.3 is 4.90 Å². The highest BCUT2D eigenvalue weighted by Crippen LogP contribution is 2.30. The molecule has 1 aliphatic carbocycles. The van der Waals surface area contributed by atoms with E-state index in [0.29, 0.717) is 11.7 Å². The molecule has 0 bridgehead atoms. The lowest BCUT2D eigenvalue weighted by atomic mass is 10.2. The Kier molecular flexibility index (Phi) is 5.53. The van der Waals surface area contributed by atoms with E-state index < -0.39 is 0 Å². The number of benzene rings is 1. The number of hydrogen-bond acceptors (Lipinski definition) is 2. The third kappa shape index (κ3) is 4.55. The van der Waals surface area contributed by atoms with Crippen molar-refractivity contribution in [3.63, 3.8) is 0 Å². The Hall–Kier alpha value is -0.960. The molecule has 0 heterocycles. The molecule has 0 radical (unpaired) electrons. The Labute approximate surface area is 126 Å². The minimum atomic E-state index is 0.295. The topological polar surface area (TPSA) is 20.3 Å². The molecule has 1 aromatic carbocycles. The van der Waals surface area contributed by atoms with Crippen molar-refractivity contribution in [3.05, 3.63) is 29.3 Å². The molecule has 20 heavy (non-hydrogen) atoms. The van der Waals surface area contributed by atoms with Gasteiger partial charge in [0.15, 0.2) is 0 Å². The molecule has 1 amide bonds. The molecular formula is C17H25NOS. The molecule has 1 aliphatic rings. The number of amides is 1. The molecule has 110 valence electrons. The third-order valence-corrected chi connectivity index (χ3v) is 4.86. The van der Waals surface area contributed by atoms with Gasteiger partial charge >= 0.3 is 0 Å². The van der Waals surface area contributed by atoms with Crippen molar-refractivity contribution in [1.82, 2.24) is 4.90 Å². The molecule has 1 saturated carbocycles. The van der Waals surface area contributed by atoms with Crippen LogP contribution in [0.1, 0.15) is 37.3 Å². The first-order valence-corrected chi connectivity index (χ1v) is 8.56. The zero-order valence-electron chi connectivity index (χ0n) is 12.8. The summed E-state index contributed by atoms with van der Waals surface area (Å²) in [6.45, 7) is 8.24. The van der Waals surface area contributed by atoms with Crippen molar-refractivity contribution in [2.45, 2.75) is 44.9 Å². The van der Waals surface area contributed by atoms with Gasteiger partial charge in [-0.15, -0.1) is 11.8 Å². The van der Waals surface area contributed by atoms with Crippen LogP contribution in [0.15, 0.2) is 23.1 Å². The van der Waals surface area contributed by atoms with Crippen molar-refractivity contribution >= 4 is 17.7 Å². The fraction of sp³-hybridized carbons (Fsp3) is 0.588. The largest absolute Gasteiger partial charge is 0.342 e. The highest BCUT2D eigenvalue weighted by atomic mass is 32.2. The summed E-state index contributed by atoms with van der Waals surface area (Å²) in [6.07, 6.45) is 3.65. The molecule has 0 aliphatic heterocycles. The second kappa shape index (κ2) is 7.16. The van der Waals surface area contributed by atoms with Crippen LogP contribution in [-0.4, -0.2) is 29.6 Å². The first-order valence-electron chi connectivity index (χ1n) is 7.58. The molecular weight excluding hydrogens is 266 g/mol. The number of aryl methyl sites for hydroxylation is 2. The van der Waals surface area contributed by atoms with Gasteiger partial charge in [0.25, 0.3) is 0 Å². The summed E-state index contributed by atoms with van der Waals surface area (Å²) in [7, 11) is 0. The van der Waals surface area contributed by atoms with E-state index >= 15 is 0 Å². The van der Waals surface area contributed by atoms with Crippen molar-refractivity contribution < 1.29 is 4.79 Å². The number of thioether (sulfide) groups is 1. The van der Waals surface area contributed by atoms with E-state index in [9.17, 15) is 4.79 Å². The van der Waals surface area contributed by atoms with E-state index in [0.717, 1.165) is 25.4 Å². The van der Waals surface area contributed by atoms with Crippen molar-refractivity contribution in [2.24, 2.45) is 5.92 Å². The van der Waals surface area contributed by atoms with Crippen LogP contribution < -0.4 is 0 Å². The fourth-order valence-electron chi connectivity index (χ4n) is 2.39. The Morgan fingerprint density at radius 1 is 1.35 bits per heavy atom. The van der Waals surface area contributed by atoms with E-state index in [1.807, 2.05) is 0 Å². The SMILES string of the molecule is CCCN(CC1CC1)C(=O)CSc1ccc(C)cc1C. The quantitative estimate of drug-likeness (QED) is 0.707. The maximum absolute atomic E-state index is 12.4. The average molecular weight is 291 g/mol. The predicted octanol–water partition coefficient (Wildman–Crippen LogP) is 4.04. The van der Waals surface area contributed by atoms with Gasteiger partial charge in [0.05, 0.1) is 5.75 Å². The maximum atomic E-state index is 12.4. The molecule has 0 aromatic heterocycles. The molecule has 0 saturated heterocycles. The molecule has 2 rings (SSSR count). The van der Waals surface area contributed by atoms with E-state index in [1.54, 1.807) is 11.8 Å². The number of hydrogen-bond donors (Lipinski definition) is 0. The van der Waals surface area contributed by atoms with E-state index in [1.165, 1.54) is 28.9 Å². The summed E-state index contributed by atoms with van der Waals surface area (Å²) in [5.41, 5.74) is 2.55. The Bertz CT molecular complexity index is 468. The summed E-state index contributed by atoms with van der Waals surface area (Å²) in [5.74, 6) is 1.64. The second-order valence-electron chi connectivity index (χ2n) is 5.84. The summed E-state index contributed by atoms with van der Waals surface area (Å²) in [5, 5.41) is 0. The van der Waals surface area contributed by atoms with Crippen LogP contribution in [0.3, 0.4) is 0 Å². The molecule has 0 spiro atoms. The van der Waals surface area contributed by atoms with Gasteiger partial charge in [0, 0.05) is 18.0 Å². The van der Waals surface area contributed by atoms with E-state index in [-0.39, 0.29) is 0 Å². The smallest absolute Gasteiger partial charge is 0.232 e. The number of nitrogens with zero attached hydrogens (tertiary/aromatic N) is 1. The standard InChI is InChI=1S/C17H25NOS/c1-4-9-18(11-15-6-7-15)17(19)12-20-16-8-5-13(2)10-14(16)3/h5,8,10,15H,4,6-7,9,11-12H2,1-3H3. The molecule has 1 aromatic rings. The van der Waals surface area contributed by atoms with Crippen LogP contribution in [0.25, 0.3) is 0 Å². The van der Waals surface area contributed by atoms with Crippen LogP contribution in [0.2, 0.25) is 0 Å². The summed E-state index contributed by atoms with van der Waals surface area (Å²) in [6, 6.07) is 6.43. The molecule has 0 unspecified atom stereocenters. The lowest BCUT2D eigenvalue weighted by molar-refractivity contribution is -0.128. The van der Waals surface area contributed by atoms with Crippen LogP contribution in [0.5, 0.6) is 0 Å². The van der Waals surface area contributed by atoms with Crippen molar-refractivity contribution in [2.75, 3.05) is 18.8 Å². The van der Waals surface area contributed by atoms with Crippen LogP contribution in [0.4, 0.5) is 0 Å². The lowest BCUT2D eigenvalue weighted by Gasteiger charge is -2.22. The summed E-state index contributed by atoms with van der Waals surface area (Å²) < 4.78 is 0. The second-order valence-corrected chi connectivity index (χ2v) is 6.86. The minimum Gasteiger partial charge on any atom is -0.342 e. The van der Waals surface area contributed by atoms with Crippen LogP contribution in [0, 0.1) is 19.8 Å². The van der Waals surface area contributed by atoms with Crippen LogP contribution >= 0.6 is 11.8 Å². The number of carbonyl (C=O) groups excluding carboxylic acids is 1. The molecule has 0 atom stereocenters. The van der Waals surface area contributed by atoms with Gasteiger partial charge in [0.2, 0.25) is 5.91 Å². The Morgan fingerprint density at radius 3 is 2.70 bits per heavy atom. The fourth-order valence-corrected chi connectivity index (χ4v) is 3.30. The van der Waals surface area contributed by atoms with Gasteiger partial charge in [-0.3, -0.25) is 4.79 Å². The third-order valence-electron chi connectivity index (χ3n) is 3.70. The normalized spacial score (nSPS) is 14.3. The van der Waals surface area contributed by atoms with Gasteiger partial charge in [-0.05, 0) is 50.7 Å². The molecule has 0 N–H and O–H groups in total. The lowest BCUT2D eigenvalue weighted by Crippen LogP contribution is -2.34. The molecule has 3 heteroatoms. The van der Waals surface area contributed by atoms with Crippen LogP contribution in [-0.2, 0) is 4.79 Å². The highest BCUT2D eigenvalue weighted by Gasteiger charge is 2.26. The van der Waals surface area contributed by atoms with E-state index in [2.05, 4.69) is 43.9 Å². The van der Waals surface area contributed by atoms with Gasteiger partial charge in [-0.1, -0.05) is 24.6 Å². The first kappa shape index (κ1) is 15.4. The van der Waals surface area contributed by atoms with Crippen molar-refractivity contribution in [3.8, 4) is 0 Å². The predicted molar refractivity (Wildman–Crippen MR) is 86.2 cm³/mol. The molecule has 1 fully saturated rings. The Balaban J connectivity index is 1.88. The first-order chi connectivity index (χ1) is 9.60. The maximum Gasteiger partial charge on any atom is 0.232 e. The Morgan fingerprint density at radius 2 is 2.10 bits per heavy atom. The zero-order chi connectivity index (χ0) is 14.5. The zero-order valence-corrected chi connectivity index (χ0v) is 13.6. The van der Waals surface area contributed by atoms with Gasteiger partial charge in [-0.2, -0.15) is 0 Å². The van der Waals surface area contributed by atoms with E-state index in [4.69, 9.17) is 0 Å². The highest BCUT2D eigenvalue weighted by molar-refractivity contribution is 8.00. The number of carbonyl (C=O) groups is 1. The average Bonchev–Trinajstić information content (AvgIpc) is 3.21. The number of rotatable bonds is 7. The van der Waals surface area contributed by atoms with Crippen molar-refractivity contribution in [1.29, 1.82) is 0 Å². The van der Waals surface area contributed by atoms with Gasteiger partial charge in [-0.25, -0.2) is 0 Å². The van der Waals surface area contributed by atoms with Gasteiger partial charge in [0.1, 0.15) is 0 Å². The minimum absolute atomic E-state index is 0.295. The summed E-state index contributed by atoms with van der Waals surface area (Å²) in [4.78, 5) is 15.6. The monoisotopic (exact) mass is 291 g/mol. The summed E-state index contributed by atoms with van der Waals surface area (Å²) >= 11 is 1.67. The molecule has 2 nitrogen and oxygen atoms in total.